The predicted molar refractivity (Wildman–Crippen MR) is 110 cm³/mol. The van der Waals surface area contributed by atoms with Gasteiger partial charge in [0.1, 0.15) is 5.75 Å². The fraction of sp³-hybridized carbons (Fsp3) is 0.318. The van der Waals surface area contributed by atoms with Crippen molar-refractivity contribution in [2.75, 3.05) is 20.2 Å². The number of methoxy groups -OCH3 is 1. The zero-order valence-corrected chi connectivity index (χ0v) is 16.5. The first-order chi connectivity index (χ1) is 14.2. The summed E-state index contributed by atoms with van der Waals surface area (Å²) < 4.78 is 6.98. The van der Waals surface area contributed by atoms with E-state index in [9.17, 15) is 9.90 Å². The summed E-state index contributed by atoms with van der Waals surface area (Å²) in [7, 11) is 1.57. The lowest BCUT2D eigenvalue weighted by molar-refractivity contribution is -0.927. The van der Waals surface area contributed by atoms with Crippen LogP contribution in [0, 0.1) is 0 Å². The predicted octanol–water partition coefficient (Wildman–Crippen LogP) is 3.31. The zero-order chi connectivity index (χ0) is 20.2. The molecule has 0 unspecified atom stereocenters. The van der Waals surface area contributed by atoms with Crippen molar-refractivity contribution in [3.8, 4) is 11.6 Å². The van der Waals surface area contributed by atoms with E-state index in [0.29, 0.717) is 23.7 Å². The van der Waals surface area contributed by atoms with Gasteiger partial charge in [-0.3, -0.25) is 9.36 Å². The van der Waals surface area contributed by atoms with E-state index in [-0.39, 0.29) is 5.88 Å². The quantitative estimate of drug-likeness (QED) is 0.653. The van der Waals surface area contributed by atoms with Gasteiger partial charge >= 0.3 is 0 Å². The van der Waals surface area contributed by atoms with Gasteiger partial charge in [0.25, 0.3) is 5.91 Å². The summed E-state index contributed by atoms with van der Waals surface area (Å²) in [4.78, 5) is 13.8. The number of ether oxygens (including phenoxy) is 1. The number of fused-ring (bicyclic) bond motifs is 1. The summed E-state index contributed by atoms with van der Waals surface area (Å²) in [5, 5.41) is 19.6. The fourth-order valence-corrected chi connectivity index (χ4v) is 3.85. The molecule has 7 heteroatoms. The number of benzene rings is 2. The lowest BCUT2D eigenvalue weighted by Gasteiger charge is -2.24. The molecule has 7 nitrogen and oxygen atoms in total. The topological polar surface area (TPSA) is 80.6 Å². The van der Waals surface area contributed by atoms with Gasteiger partial charge in [0, 0.05) is 10.9 Å². The molecule has 1 amide bonds. The monoisotopic (exact) mass is 393 g/mol. The number of carbonyl (C=O) groups excluding carboxylic acids is 1. The number of aromatic hydroxyl groups is 1. The minimum absolute atomic E-state index is 0.0514. The fourth-order valence-electron chi connectivity index (χ4n) is 3.85. The Kier molecular flexibility index (Phi) is 5.57. The Hall–Kier alpha value is -3.19. The Morgan fingerprint density at radius 3 is 2.55 bits per heavy atom. The SMILES string of the molecule is COc1ccc(C(=O)N=Nc2c(O)n(C[NH+]3CCCCC3)c3ccccc23)cc1. The van der Waals surface area contributed by atoms with Gasteiger partial charge in [-0.05, 0) is 49.6 Å². The summed E-state index contributed by atoms with van der Waals surface area (Å²) in [6.07, 6.45) is 3.69. The van der Waals surface area contributed by atoms with Gasteiger partial charge in [-0.15, -0.1) is 10.2 Å². The van der Waals surface area contributed by atoms with Crippen LogP contribution < -0.4 is 9.64 Å². The van der Waals surface area contributed by atoms with Crippen LogP contribution in [0.5, 0.6) is 11.6 Å². The molecule has 2 N–H and O–H groups in total. The number of para-hydroxylation sites is 1. The van der Waals surface area contributed by atoms with E-state index in [0.717, 1.165) is 24.0 Å². The number of amides is 1. The Labute approximate surface area is 169 Å². The molecule has 1 aromatic heterocycles. The molecular formula is C22H25N4O3+. The smallest absolute Gasteiger partial charge is 0.295 e. The molecule has 0 atom stereocenters. The lowest BCUT2D eigenvalue weighted by atomic mass is 10.1. The van der Waals surface area contributed by atoms with Crippen molar-refractivity contribution in [3.05, 3.63) is 54.1 Å². The number of quaternary nitrogens is 1. The van der Waals surface area contributed by atoms with Crippen LogP contribution in [0.3, 0.4) is 0 Å². The van der Waals surface area contributed by atoms with Crippen LogP contribution in [0.15, 0.2) is 58.8 Å². The summed E-state index contributed by atoms with van der Waals surface area (Å²) in [5.41, 5.74) is 1.64. The maximum Gasteiger partial charge on any atom is 0.295 e. The first kappa shape index (κ1) is 19.1. The highest BCUT2D eigenvalue weighted by molar-refractivity contribution is 5.97. The number of aromatic nitrogens is 1. The second-order valence-corrected chi connectivity index (χ2v) is 7.32. The van der Waals surface area contributed by atoms with Crippen LogP contribution in [-0.2, 0) is 6.67 Å². The molecule has 1 fully saturated rings. The van der Waals surface area contributed by atoms with E-state index in [1.54, 1.807) is 31.4 Å². The molecule has 1 aliphatic heterocycles. The van der Waals surface area contributed by atoms with Crippen molar-refractivity contribution in [3.63, 3.8) is 0 Å². The van der Waals surface area contributed by atoms with Crippen LogP contribution in [0.25, 0.3) is 10.9 Å². The number of likely N-dealkylation sites (tertiary alicyclic amines) is 1. The minimum Gasteiger partial charge on any atom is -0.497 e. The maximum absolute atomic E-state index is 12.4. The Balaban J connectivity index is 1.63. The second kappa shape index (κ2) is 8.45. The van der Waals surface area contributed by atoms with Crippen LogP contribution >= 0.6 is 0 Å². The molecule has 0 aliphatic carbocycles. The van der Waals surface area contributed by atoms with Crippen molar-refractivity contribution in [1.82, 2.24) is 4.57 Å². The van der Waals surface area contributed by atoms with Gasteiger partial charge < -0.3 is 14.7 Å². The van der Waals surface area contributed by atoms with Gasteiger partial charge in [-0.2, -0.15) is 0 Å². The van der Waals surface area contributed by atoms with Crippen LogP contribution in [0.1, 0.15) is 29.6 Å². The van der Waals surface area contributed by atoms with E-state index >= 15 is 0 Å². The van der Waals surface area contributed by atoms with Crippen LogP contribution in [0.2, 0.25) is 0 Å². The van der Waals surface area contributed by atoms with Crippen molar-refractivity contribution >= 4 is 22.5 Å². The molecule has 0 spiro atoms. The van der Waals surface area contributed by atoms with Gasteiger partial charge in [-0.25, -0.2) is 0 Å². The van der Waals surface area contributed by atoms with E-state index < -0.39 is 5.91 Å². The molecule has 2 heterocycles. The average Bonchev–Trinajstić information content (AvgIpc) is 3.04. The van der Waals surface area contributed by atoms with E-state index in [2.05, 4.69) is 10.2 Å². The normalized spacial score (nSPS) is 15.2. The van der Waals surface area contributed by atoms with Crippen molar-refractivity contribution in [1.29, 1.82) is 0 Å². The highest BCUT2D eigenvalue weighted by Crippen LogP contribution is 2.38. The Bertz CT molecular complexity index is 1030. The number of hydrogen-bond acceptors (Lipinski definition) is 4. The third kappa shape index (κ3) is 4.00. The van der Waals surface area contributed by atoms with Gasteiger partial charge in [0.05, 0.1) is 25.7 Å². The number of azo groups is 1. The standard InChI is InChI=1S/C22H24N4O3/c1-29-17-11-9-16(10-12-17)21(27)24-23-20-18-7-3-4-8-19(18)26(22(20)28)15-25-13-5-2-6-14-25/h3-4,7-12,28H,2,5-6,13-15H2,1H3/p+1. The number of hydrogen-bond donors (Lipinski definition) is 2. The van der Waals surface area contributed by atoms with Crippen molar-refractivity contribution in [2.24, 2.45) is 10.2 Å². The number of nitrogens with zero attached hydrogens (tertiary/aromatic N) is 3. The first-order valence-electron chi connectivity index (χ1n) is 9.91. The Morgan fingerprint density at radius 1 is 1.10 bits per heavy atom. The largest absolute Gasteiger partial charge is 0.497 e. The molecule has 4 rings (SSSR count). The van der Waals surface area contributed by atoms with Gasteiger partial charge in [0.15, 0.2) is 12.4 Å². The summed E-state index contributed by atoms with van der Waals surface area (Å²) in [6, 6.07) is 14.4. The molecule has 1 aliphatic rings. The summed E-state index contributed by atoms with van der Waals surface area (Å²) >= 11 is 0. The number of rotatable bonds is 5. The molecule has 150 valence electrons. The molecule has 29 heavy (non-hydrogen) atoms. The third-order valence-corrected chi connectivity index (χ3v) is 5.44. The highest BCUT2D eigenvalue weighted by atomic mass is 16.5. The molecule has 2 aromatic carbocycles. The molecular weight excluding hydrogens is 368 g/mol. The molecule has 0 bridgehead atoms. The first-order valence-corrected chi connectivity index (χ1v) is 9.91. The van der Waals surface area contributed by atoms with E-state index in [4.69, 9.17) is 4.74 Å². The second-order valence-electron chi connectivity index (χ2n) is 7.32. The van der Waals surface area contributed by atoms with Crippen LogP contribution in [0.4, 0.5) is 5.69 Å². The van der Waals surface area contributed by atoms with E-state index in [1.165, 1.54) is 24.2 Å². The maximum atomic E-state index is 12.4. The lowest BCUT2D eigenvalue weighted by Crippen LogP contribution is -3.12. The van der Waals surface area contributed by atoms with Crippen molar-refractivity contribution in [2.45, 2.75) is 25.9 Å². The average molecular weight is 393 g/mol. The highest BCUT2D eigenvalue weighted by Gasteiger charge is 2.21. The van der Waals surface area contributed by atoms with Crippen molar-refractivity contribution < 1.29 is 19.5 Å². The van der Waals surface area contributed by atoms with E-state index in [1.807, 2.05) is 28.8 Å². The number of piperidine rings is 1. The summed E-state index contributed by atoms with van der Waals surface area (Å²) in [6.45, 7) is 2.87. The number of carbonyl (C=O) groups is 1. The van der Waals surface area contributed by atoms with Gasteiger partial charge in [-0.1, -0.05) is 18.2 Å². The van der Waals surface area contributed by atoms with Crippen LogP contribution in [-0.4, -0.2) is 35.8 Å². The minimum atomic E-state index is -0.467. The van der Waals surface area contributed by atoms with Gasteiger partial charge in [0.2, 0.25) is 5.88 Å². The zero-order valence-electron chi connectivity index (χ0n) is 16.5. The molecule has 0 saturated carbocycles. The Morgan fingerprint density at radius 2 is 1.83 bits per heavy atom. The number of nitrogens with one attached hydrogen (secondary N) is 1. The molecule has 3 aromatic rings. The third-order valence-electron chi connectivity index (χ3n) is 5.44. The molecule has 0 radical (unpaired) electrons. The summed E-state index contributed by atoms with van der Waals surface area (Å²) in [5.74, 6) is 0.250. The molecule has 1 saturated heterocycles.